The SMILES string of the molecule is Cc1nccc(CN[C@H](C)c2ccccn2)n1. The largest absolute Gasteiger partial charge is 0.303 e. The molecule has 4 heteroatoms. The molecule has 2 heterocycles. The van der Waals surface area contributed by atoms with Crippen LogP contribution in [0.3, 0.4) is 0 Å². The highest BCUT2D eigenvalue weighted by atomic mass is 15.0. The van der Waals surface area contributed by atoms with E-state index in [2.05, 4.69) is 27.2 Å². The third-order valence-corrected chi connectivity index (χ3v) is 2.55. The Morgan fingerprint density at radius 2 is 2.06 bits per heavy atom. The molecular formula is C13H16N4. The minimum absolute atomic E-state index is 0.214. The summed E-state index contributed by atoms with van der Waals surface area (Å²) in [6, 6.07) is 8.07. The van der Waals surface area contributed by atoms with Crippen LogP contribution in [0.2, 0.25) is 0 Å². The van der Waals surface area contributed by atoms with Crippen molar-refractivity contribution in [2.45, 2.75) is 26.4 Å². The lowest BCUT2D eigenvalue weighted by Crippen LogP contribution is -2.19. The van der Waals surface area contributed by atoms with Crippen molar-refractivity contribution >= 4 is 0 Å². The van der Waals surface area contributed by atoms with E-state index in [9.17, 15) is 0 Å². The topological polar surface area (TPSA) is 50.7 Å². The van der Waals surface area contributed by atoms with E-state index < -0.39 is 0 Å². The predicted molar refractivity (Wildman–Crippen MR) is 66.3 cm³/mol. The van der Waals surface area contributed by atoms with E-state index in [0.29, 0.717) is 0 Å². The van der Waals surface area contributed by atoms with Crippen molar-refractivity contribution in [3.8, 4) is 0 Å². The average Bonchev–Trinajstić information content (AvgIpc) is 2.37. The molecule has 0 amide bonds. The number of aryl methyl sites for hydroxylation is 1. The zero-order valence-corrected chi connectivity index (χ0v) is 10.1. The van der Waals surface area contributed by atoms with Crippen LogP contribution >= 0.6 is 0 Å². The smallest absolute Gasteiger partial charge is 0.125 e. The first-order valence-electron chi connectivity index (χ1n) is 5.68. The molecule has 0 saturated heterocycles. The van der Waals surface area contributed by atoms with Crippen LogP contribution in [-0.2, 0) is 6.54 Å². The quantitative estimate of drug-likeness (QED) is 0.870. The highest BCUT2D eigenvalue weighted by molar-refractivity contribution is 5.08. The van der Waals surface area contributed by atoms with Crippen molar-refractivity contribution in [2.75, 3.05) is 0 Å². The van der Waals surface area contributed by atoms with E-state index in [4.69, 9.17) is 0 Å². The molecule has 0 radical (unpaired) electrons. The summed E-state index contributed by atoms with van der Waals surface area (Å²) >= 11 is 0. The lowest BCUT2D eigenvalue weighted by Gasteiger charge is -2.12. The summed E-state index contributed by atoms with van der Waals surface area (Å²) in [4.78, 5) is 12.7. The molecule has 2 aromatic heterocycles. The maximum absolute atomic E-state index is 4.34. The Labute approximate surface area is 101 Å². The van der Waals surface area contributed by atoms with Gasteiger partial charge in [-0.25, -0.2) is 9.97 Å². The molecule has 0 aliphatic rings. The van der Waals surface area contributed by atoms with E-state index in [-0.39, 0.29) is 6.04 Å². The van der Waals surface area contributed by atoms with Gasteiger partial charge in [-0.1, -0.05) is 6.07 Å². The number of hydrogen-bond acceptors (Lipinski definition) is 4. The Hall–Kier alpha value is -1.81. The lowest BCUT2D eigenvalue weighted by atomic mass is 10.2. The van der Waals surface area contributed by atoms with Gasteiger partial charge in [0.1, 0.15) is 5.82 Å². The van der Waals surface area contributed by atoms with Crippen LogP contribution in [0.25, 0.3) is 0 Å². The van der Waals surface area contributed by atoms with Crippen molar-refractivity contribution in [3.63, 3.8) is 0 Å². The molecule has 88 valence electrons. The zero-order valence-electron chi connectivity index (χ0n) is 10.1. The first-order valence-corrected chi connectivity index (χ1v) is 5.68. The third kappa shape index (κ3) is 3.32. The van der Waals surface area contributed by atoms with Crippen LogP contribution in [-0.4, -0.2) is 15.0 Å². The fourth-order valence-electron chi connectivity index (χ4n) is 1.60. The Kier molecular flexibility index (Phi) is 3.77. The Bertz CT molecular complexity index is 470. The van der Waals surface area contributed by atoms with E-state index in [0.717, 1.165) is 23.8 Å². The number of aromatic nitrogens is 3. The molecule has 1 N–H and O–H groups in total. The number of nitrogens with zero attached hydrogens (tertiary/aromatic N) is 3. The van der Waals surface area contributed by atoms with Crippen LogP contribution in [0.15, 0.2) is 36.7 Å². The number of nitrogens with one attached hydrogen (secondary N) is 1. The third-order valence-electron chi connectivity index (χ3n) is 2.55. The molecule has 0 spiro atoms. The van der Waals surface area contributed by atoms with Gasteiger partial charge in [0.05, 0.1) is 11.4 Å². The number of hydrogen-bond donors (Lipinski definition) is 1. The minimum Gasteiger partial charge on any atom is -0.303 e. The van der Waals surface area contributed by atoms with Gasteiger partial charge in [-0.15, -0.1) is 0 Å². The Morgan fingerprint density at radius 3 is 2.76 bits per heavy atom. The second-order valence-corrected chi connectivity index (χ2v) is 3.95. The normalized spacial score (nSPS) is 12.4. The van der Waals surface area contributed by atoms with Crippen molar-refractivity contribution < 1.29 is 0 Å². The van der Waals surface area contributed by atoms with Gasteiger partial charge in [0.25, 0.3) is 0 Å². The first-order chi connectivity index (χ1) is 8.25. The highest BCUT2D eigenvalue weighted by Gasteiger charge is 2.05. The molecular weight excluding hydrogens is 212 g/mol. The van der Waals surface area contributed by atoms with Gasteiger partial charge in [-0.05, 0) is 32.0 Å². The molecule has 0 saturated carbocycles. The molecule has 0 unspecified atom stereocenters. The molecule has 4 nitrogen and oxygen atoms in total. The molecule has 2 aromatic rings. The fraction of sp³-hybridized carbons (Fsp3) is 0.308. The van der Waals surface area contributed by atoms with E-state index in [1.165, 1.54) is 0 Å². The fourth-order valence-corrected chi connectivity index (χ4v) is 1.60. The molecule has 1 atom stereocenters. The maximum atomic E-state index is 4.34. The van der Waals surface area contributed by atoms with E-state index in [1.807, 2.05) is 37.4 Å². The summed E-state index contributed by atoms with van der Waals surface area (Å²) in [5.41, 5.74) is 2.04. The number of pyridine rings is 1. The van der Waals surface area contributed by atoms with E-state index >= 15 is 0 Å². The van der Waals surface area contributed by atoms with Gasteiger partial charge in [0, 0.05) is 25.0 Å². The minimum atomic E-state index is 0.214. The van der Waals surface area contributed by atoms with Crippen LogP contribution in [0.1, 0.15) is 30.2 Å². The monoisotopic (exact) mass is 228 g/mol. The summed E-state index contributed by atoms with van der Waals surface area (Å²) in [6.07, 6.45) is 3.59. The zero-order chi connectivity index (χ0) is 12.1. The summed E-state index contributed by atoms with van der Waals surface area (Å²) in [5.74, 6) is 0.801. The second-order valence-electron chi connectivity index (χ2n) is 3.95. The molecule has 0 aliphatic heterocycles. The highest BCUT2D eigenvalue weighted by Crippen LogP contribution is 2.08. The summed E-state index contributed by atoms with van der Waals surface area (Å²) in [5, 5.41) is 3.39. The van der Waals surface area contributed by atoms with Gasteiger partial charge >= 0.3 is 0 Å². The van der Waals surface area contributed by atoms with Crippen LogP contribution in [0, 0.1) is 6.92 Å². The van der Waals surface area contributed by atoms with Crippen molar-refractivity contribution in [1.82, 2.24) is 20.3 Å². The van der Waals surface area contributed by atoms with Crippen LogP contribution in [0.4, 0.5) is 0 Å². The summed E-state index contributed by atoms with van der Waals surface area (Å²) in [7, 11) is 0. The predicted octanol–water partition coefficient (Wildman–Crippen LogP) is 2.03. The molecule has 0 aliphatic carbocycles. The Morgan fingerprint density at radius 1 is 1.18 bits per heavy atom. The molecule has 0 aromatic carbocycles. The van der Waals surface area contributed by atoms with Crippen LogP contribution < -0.4 is 5.32 Å². The second kappa shape index (κ2) is 5.50. The standard InChI is InChI=1S/C13H16N4/c1-10(13-5-3-4-7-15-13)16-9-12-6-8-14-11(2)17-12/h3-8,10,16H,9H2,1-2H3/t10-/m1/s1. The van der Waals surface area contributed by atoms with Crippen molar-refractivity contribution in [3.05, 3.63) is 53.9 Å². The lowest BCUT2D eigenvalue weighted by molar-refractivity contribution is 0.554. The molecule has 0 fully saturated rings. The average molecular weight is 228 g/mol. The maximum Gasteiger partial charge on any atom is 0.125 e. The Balaban J connectivity index is 1.95. The summed E-state index contributed by atoms with van der Waals surface area (Å²) in [6.45, 7) is 4.71. The van der Waals surface area contributed by atoms with Gasteiger partial charge in [-0.3, -0.25) is 4.98 Å². The van der Waals surface area contributed by atoms with Gasteiger partial charge in [-0.2, -0.15) is 0 Å². The van der Waals surface area contributed by atoms with Gasteiger partial charge < -0.3 is 5.32 Å². The molecule has 0 bridgehead atoms. The van der Waals surface area contributed by atoms with Crippen molar-refractivity contribution in [1.29, 1.82) is 0 Å². The number of rotatable bonds is 4. The van der Waals surface area contributed by atoms with Gasteiger partial charge in [0.2, 0.25) is 0 Å². The van der Waals surface area contributed by atoms with E-state index in [1.54, 1.807) is 6.20 Å². The summed E-state index contributed by atoms with van der Waals surface area (Å²) < 4.78 is 0. The molecule has 17 heavy (non-hydrogen) atoms. The first kappa shape index (κ1) is 11.7. The van der Waals surface area contributed by atoms with Crippen molar-refractivity contribution in [2.24, 2.45) is 0 Å². The van der Waals surface area contributed by atoms with Crippen LogP contribution in [0.5, 0.6) is 0 Å². The van der Waals surface area contributed by atoms with Gasteiger partial charge in [0.15, 0.2) is 0 Å². The molecule has 2 rings (SSSR count).